The molecule has 1 aliphatic rings. The summed E-state index contributed by atoms with van der Waals surface area (Å²) >= 11 is 5.60. The lowest BCUT2D eigenvalue weighted by molar-refractivity contribution is -0.139. The molecule has 2 rings (SSSR count). The number of rotatable bonds is 5. The zero-order valence-corrected chi connectivity index (χ0v) is 13.6. The second-order valence-corrected chi connectivity index (χ2v) is 7.03. The molecule has 1 aliphatic heterocycles. The van der Waals surface area contributed by atoms with E-state index in [1.807, 2.05) is 0 Å². The molecule has 3 N–H and O–H groups in total. The van der Waals surface area contributed by atoms with Gasteiger partial charge in [0, 0.05) is 23.2 Å². The van der Waals surface area contributed by atoms with E-state index in [9.17, 15) is 17.6 Å². The first kappa shape index (κ1) is 19.1. The Morgan fingerprint density at radius 3 is 2.73 bits per heavy atom. The maximum Gasteiger partial charge on any atom is 0.320 e. The van der Waals surface area contributed by atoms with Gasteiger partial charge in [-0.2, -0.15) is 0 Å². The number of halogens is 3. The van der Waals surface area contributed by atoms with Gasteiger partial charge in [0.15, 0.2) is 0 Å². The fourth-order valence-corrected chi connectivity index (χ4v) is 3.73. The van der Waals surface area contributed by atoms with Crippen molar-refractivity contribution in [1.29, 1.82) is 0 Å². The standard InChI is InChI=1S/C12H14ClFN2O4S.ClH/c13-8-2-1-7(10(14)3-8)6-21(19,20)16-9-4-11(12(17)18)15-5-9;/h1-3,9,11,15-16H,4-6H2,(H,17,18);1H/t9-,11-;/m0./s1. The van der Waals surface area contributed by atoms with Crippen LogP contribution in [0.4, 0.5) is 4.39 Å². The van der Waals surface area contributed by atoms with E-state index >= 15 is 0 Å². The molecule has 1 heterocycles. The van der Waals surface area contributed by atoms with Crippen LogP contribution in [-0.4, -0.2) is 38.1 Å². The molecule has 0 aliphatic carbocycles. The molecule has 124 valence electrons. The Balaban J connectivity index is 0.00000242. The Labute approximate surface area is 138 Å². The van der Waals surface area contributed by atoms with Gasteiger partial charge in [-0.25, -0.2) is 17.5 Å². The molecule has 6 nitrogen and oxygen atoms in total. The molecule has 1 aromatic carbocycles. The molecule has 2 atom stereocenters. The Morgan fingerprint density at radius 2 is 2.18 bits per heavy atom. The third kappa shape index (κ3) is 5.06. The van der Waals surface area contributed by atoms with Gasteiger partial charge in [0.25, 0.3) is 0 Å². The maximum atomic E-state index is 13.6. The Kier molecular flexibility index (Phi) is 6.57. The minimum atomic E-state index is -3.77. The normalized spacial score (nSPS) is 21.4. The number of carbonyl (C=O) groups is 1. The van der Waals surface area contributed by atoms with E-state index < -0.39 is 39.6 Å². The van der Waals surface area contributed by atoms with E-state index in [-0.39, 0.29) is 36.0 Å². The van der Waals surface area contributed by atoms with Crippen LogP contribution in [0, 0.1) is 5.82 Å². The molecule has 0 bridgehead atoms. The minimum absolute atomic E-state index is 0. The topological polar surface area (TPSA) is 95.5 Å². The van der Waals surface area contributed by atoms with Crippen molar-refractivity contribution >= 4 is 40.0 Å². The van der Waals surface area contributed by atoms with Crippen molar-refractivity contribution < 1.29 is 22.7 Å². The molecule has 1 aromatic rings. The van der Waals surface area contributed by atoms with Crippen LogP contribution in [0.25, 0.3) is 0 Å². The number of sulfonamides is 1. The molecule has 0 radical (unpaired) electrons. The highest BCUT2D eigenvalue weighted by atomic mass is 35.5. The number of hydrogen-bond acceptors (Lipinski definition) is 4. The van der Waals surface area contributed by atoms with Gasteiger partial charge in [-0.05, 0) is 18.6 Å². The molecular weight excluding hydrogens is 358 g/mol. The molecule has 0 amide bonds. The van der Waals surface area contributed by atoms with Gasteiger partial charge in [-0.3, -0.25) is 4.79 Å². The molecule has 0 saturated carbocycles. The molecule has 1 fully saturated rings. The first-order valence-corrected chi connectivity index (χ1v) is 8.20. The summed E-state index contributed by atoms with van der Waals surface area (Å²) in [6.07, 6.45) is 0.150. The number of carboxylic acids is 1. The minimum Gasteiger partial charge on any atom is -0.480 e. The highest BCUT2D eigenvalue weighted by Gasteiger charge is 2.31. The predicted molar refractivity (Wildman–Crippen MR) is 82.2 cm³/mol. The number of carboxylic acid groups (broad SMARTS) is 1. The highest BCUT2D eigenvalue weighted by Crippen LogP contribution is 2.17. The van der Waals surface area contributed by atoms with E-state index in [2.05, 4.69) is 10.0 Å². The molecule has 10 heteroatoms. The van der Waals surface area contributed by atoms with E-state index in [4.69, 9.17) is 16.7 Å². The van der Waals surface area contributed by atoms with Gasteiger partial charge in [-0.1, -0.05) is 17.7 Å². The monoisotopic (exact) mass is 372 g/mol. The molecule has 0 unspecified atom stereocenters. The number of hydrogen-bond donors (Lipinski definition) is 3. The van der Waals surface area contributed by atoms with Crippen molar-refractivity contribution in [2.24, 2.45) is 0 Å². The second-order valence-electron chi connectivity index (χ2n) is 4.84. The summed E-state index contributed by atoms with van der Waals surface area (Å²) in [6.45, 7) is 0.222. The largest absolute Gasteiger partial charge is 0.480 e. The second kappa shape index (κ2) is 7.56. The first-order chi connectivity index (χ1) is 9.77. The van der Waals surface area contributed by atoms with Gasteiger partial charge in [0.05, 0.1) is 5.75 Å². The van der Waals surface area contributed by atoms with E-state index in [0.29, 0.717) is 0 Å². The summed E-state index contributed by atoms with van der Waals surface area (Å²) in [6, 6.07) is 2.47. The lowest BCUT2D eigenvalue weighted by atomic mass is 10.2. The van der Waals surface area contributed by atoms with E-state index in [1.54, 1.807) is 0 Å². The number of benzene rings is 1. The highest BCUT2D eigenvalue weighted by molar-refractivity contribution is 7.88. The molecule has 1 saturated heterocycles. The fourth-order valence-electron chi connectivity index (χ4n) is 2.15. The van der Waals surface area contributed by atoms with Crippen molar-refractivity contribution in [2.75, 3.05) is 6.54 Å². The van der Waals surface area contributed by atoms with Crippen LogP contribution in [0.1, 0.15) is 12.0 Å². The van der Waals surface area contributed by atoms with Crippen LogP contribution in [0.2, 0.25) is 5.02 Å². The summed E-state index contributed by atoms with van der Waals surface area (Å²) in [7, 11) is -3.77. The van der Waals surface area contributed by atoms with Gasteiger partial charge >= 0.3 is 5.97 Å². The van der Waals surface area contributed by atoms with Crippen molar-refractivity contribution in [3.63, 3.8) is 0 Å². The number of aliphatic carboxylic acids is 1. The summed E-state index contributed by atoms with van der Waals surface area (Å²) < 4.78 is 39.9. The molecule has 0 spiro atoms. The van der Waals surface area contributed by atoms with Gasteiger partial charge in [-0.15, -0.1) is 12.4 Å². The van der Waals surface area contributed by atoms with Crippen molar-refractivity contribution in [2.45, 2.75) is 24.3 Å². The van der Waals surface area contributed by atoms with Crippen molar-refractivity contribution in [3.05, 3.63) is 34.6 Å². The van der Waals surface area contributed by atoms with Crippen LogP contribution in [0.15, 0.2) is 18.2 Å². The summed E-state index contributed by atoms with van der Waals surface area (Å²) in [5, 5.41) is 11.7. The third-order valence-electron chi connectivity index (χ3n) is 3.14. The van der Waals surface area contributed by atoms with Crippen LogP contribution in [0.3, 0.4) is 0 Å². The predicted octanol–water partition coefficient (Wildman–Crippen LogP) is 1.14. The first-order valence-electron chi connectivity index (χ1n) is 6.17. The Morgan fingerprint density at radius 1 is 1.50 bits per heavy atom. The Hall–Kier alpha value is -0.930. The maximum absolute atomic E-state index is 13.6. The van der Waals surface area contributed by atoms with E-state index in [1.165, 1.54) is 12.1 Å². The van der Waals surface area contributed by atoms with Crippen LogP contribution in [0.5, 0.6) is 0 Å². The lowest BCUT2D eigenvalue weighted by Gasteiger charge is -2.12. The molecular formula is C12H15Cl2FN2O4S. The van der Waals surface area contributed by atoms with Gasteiger partial charge in [0.1, 0.15) is 11.9 Å². The smallest absolute Gasteiger partial charge is 0.320 e. The van der Waals surface area contributed by atoms with E-state index in [0.717, 1.165) is 6.07 Å². The summed E-state index contributed by atoms with van der Waals surface area (Å²) in [5.41, 5.74) is 0.00707. The fraction of sp³-hybridized carbons (Fsp3) is 0.417. The molecule has 0 aromatic heterocycles. The van der Waals surface area contributed by atoms with Crippen molar-refractivity contribution in [3.8, 4) is 0 Å². The molecule has 22 heavy (non-hydrogen) atoms. The van der Waals surface area contributed by atoms with Crippen LogP contribution < -0.4 is 10.0 Å². The average Bonchev–Trinajstić information content (AvgIpc) is 2.80. The number of nitrogens with one attached hydrogen (secondary N) is 2. The zero-order valence-electron chi connectivity index (χ0n) is 11.3. The van der Waals surface area contributed by atoms with Gasteiger partial charge in [0.2, 0.25) is 10.0 Å². The van der Waals surface area contributed by atoms with Crippen molar-refractivity contribution in [1.82, 2.24) is 10.0 Å². The average molecular weight is 373 g/mol. The van der Waals surface area contributed by atoms with Crippen LogP contribution >= 0.6 is 24.0 Å². The Bertz CT molecular complexity index is 657. The van der Waals surface area contributed by atoms with Gasteiger partial charge < -0.3 is 10.4 Å². The van der Waals surface area contributed by atoms with Crippen LogP contribution in [-0.2, 0) is 20.6 Å². The zero-order chi connectivity index (χ0) is 15.6. The SMILES string of the molecule is Cl.O=C(O)[C@@H]1C[C@H](NS(=O)(=O)Cc2ccc(Cl)cc2F)CN1. The summed E-state index contributed by atoms with van der Waals surface area (Å²) in [4.78, 5) is 10.8. The summed E-state index contributed by atoms with van der Waals surface area (Å²) in [5.74, 6) is -2.24. The quantitative estimate of drug-likeness (QED) is 0.720. The lowest BCUT2D eigenvalue weighted by Crippen LogP contribution is -2.37. The third-order valence-corrected chi connectivity index (χ3v) is 4.75.